The van der Waals surface area contributed by atoms with Crippen LogP contribution in [0.2, 0.25) is 0 Å². The summed E-state index contributed by atoms with van der Waals surface area (Å²) < 4.78 is 5.16. The molecule has 0 aliphatic carbocycles. The van der Waals surface area contributed by atoms with Gasteiger partial charge in [0.2, 0.25) is 0 Å². The van der Waals surface area contributed by atoms with Gasteiger partial charge in [-0.25, -0.2) is 0 Å². The molecule has 0 atom stereocenters. The number of benzene rings is 2. The molecule has 2 aromatic carbocycles. The zero-order valence-electron chi connectivity index (χ0n) is 12.0. The molecule has 0 amide bonds. The first kappa shape index (κ1) is 13.6. The third-order valence-corrected chi connectivity index (χ3v) is 3.39. The van der Waals surface area contributed by atoms with Crippen LogP contribution in [-0.2, 0) is 17.9 Å². The Morgan fingerprint density at radius 2 is 1.86 bits per heavy atom. The van der Waals surface area contributed by atoms with E-state index in [1.54, 1.807) is 7.11 Å². The van der Waals surface area contributed by atoms with Crippen molar-refractivity contribution in [2.45, 2.75) is 13.2 Å². The highest BCUT2D eigenvalue weighted by molar-refractivity contribution is 5.81. The van der Waals surface area contributed by atoms with Crippen molar-refractivity contribution in [3.63, 3.8) is 0 Å². The predicted molar refractivity (Wildman–Crippen MR) is 86.2 cm³/mol. The topological polar surface area (TPSA) is 34.1 Å². The molecule has 3 rings (SSSR count). The Morgan fingerprint density at radius 1 is 1.00 bits per heavy atom. The quantitative estimate of drug-likeness (QED) is 0.766. The van der Waals surface area contributed by atoms with Crippen LogP contribution >= 0.6 is 0 Å². The summed E-state index contributed by atoms with van der Waals surface area (Å²) in [7, 11) is 1.71. The highest BCUT2D eigenvalue weighted by atomic mass is 16.5. The van der Waals surface area contributed by atoms with Gasteiger partial charge in [-0.3, -0.25) is 4.98 Å². The average molecular weight is 278 g/mol. The molecule has 0 saturated carbocycles. The van der Waals surface area contributed by atoms with Gasteiger partial charge in [-0.05, 0) is 23.3 Å². The van der Waals surface area contributed by atoms with Crippen LogP contribution in [0.3, 0.4) is 0 Å². The molecular weight excluding hydrogens is 260 g/mol. The van der Waals surface area contributed by atoms with E-state index in [2.05, 4.69) is 46.7 Å². The third-order valence-electron chi connectivity index (χ3n) is 3.39. The van der Waals surface area contributed by atoms with E-state index in [0.29, 0.717) is 6.61 Å². The summed E-state index contributed by atoms with van der Waals surface area (Å²) in [6.07, 6.45) is 1.88. The van der Waals surface area contributed by atoms with E-state index in [-0.39, 0.29) is 0 Å². The fourth-order valence-electron chi connectivity index (χ4n) is 2.37. The molecule has 3 heteroatoms. The Hall–Kier alpha value is -2.39. The Labute approximate surface area is 124 Å². The number of hydrogen-bond donors (Lipinski definition) is 1. The second-order valence-electron chi connectivity index (χ2n) is 5.02. The predicted octanol–water partition coefficient (Wildman–Crippen LogP) is 3.99. The van der Waals surface area contributed by atoms with E-state index in [1.807, 2.05) is 24.4 Å². The van der Waals surface area contributed by atoms with Crippen LogP contribution in [0.25, 0.3) is 10.9 Å². The van der Waals surface area contributed by atoms with E-state index in [0.717, 1.165) is 23.1 Å². The third kappa shape index (κ3) is 3.38. The molecular formula is C18H18N2O. The first-order valence-corrected chi connectivity index (χ1v) is 7.00. The summed E-state index contributed by atoms with van der Waals surface area (Å²) in [5.74, 6) is 0. The second-order valence-corrected chi connectivity index (χ2v) is 5.02. The smallest absolute Gasteiger partial charge is 0.0713 e. The second kappa shape index (κ2) is 6.37. The molecule has 3 nitrogen and oxygen atoms in total. The fraction of sp³-hybridized carbons (Fsp3) is 0.167. The first-order chi connectivity index (χ1) is 10.3. The molecule has 3 aromatic rings. The first-order valence-electron chi connectivity index (χ1n) is 7.00. The monoisotopic (exact) mass is 278 g/mol. The van der Waals surface area contributed by atoms with Crippen molar-refractivity contribution in [2.24, 2.45) is 0 Å². The lowest BCUT2D eigenvalue weighted by molar-refractivity contribution is 0.185. The normalized spacial score (nSPS) is 10.7. The van der Waals surface area contributed by atoms with Crippen molar-refractivity contribution in [1.82, 2.24) is 4.98 Å². The number of para-hydroxylation sites is 1. The van der Waals surface area contributed by atoms with Crippen molar-refractivity contribution in [1.29, 1.82) is 0 Å². The van der Waals surface area contributed by atoms with Crippen molar-refractivity contribution >= 4 is 16.6 Å². The molecule has 0 bridgehead atoms. The maximum absolute atomic E-state index is 5.16. The van der Waals surface area contributed by atoms with Gasteiger partial charge in [0, 0.05) is 19.0 Å². The van der Waals surface area contributed by atoms with Crippen molar-refractivity contribution in [3.8, 4) is 0 Å². The largest absolute Gasteiger partial charge is 0.380 e. The van der Waals surface area contributed by atoms with Gasteiger partial charge in [0.05, 0.1) is 24.0 Å². The van der Waals surface area contributed by atoms with Crippen LogP contribution in [0.5, 0.6) is 0 Å². The van der Waals surface area contributed by atoms with Crippen LogP contribution in [0, 0.1) is 0 Å². The zero-order chi connectivity index (χ0) is 14.5. The Morgan fingerprint density at radius 3 is 2.76 bits per heavy atom. The molecule has 0 spiro atoms. The van der Waals surface area contributed by atoms with Crippen LogP contribution in [-0.4, -0.2) is 12.1 Å². The van der Waals surface area contributed by atoms with Crippen LogP contribution in [0.15, 0.2) is 60.8 Å². The molecule has 1 heterocycles. The fourth-order valence-corrected chi connectivity index (χ4v) is 2.37. The summed E-state index contributed by atoms with van der Waals surface area (Å²) in [6.45, 7) is 1.42. The highest BCUT2D eigenvalue weighted by Crippen LogP contribution is 2.17. The van der Waals surface area contributed by atoms with Gasteiger partial charge in [0.1, 0.15) is 0 Å². The molecule has 0 fully saturated rings. The van der Waals surface area contributed by atoms with Crippen molar-refractivity contribution < 1.29 is 4.74 Å². The zero-order valence-corrected chi connectivity index (χ0v) is 12.0. The number of nitrogens with one attached hydrogen (secondary N) is 1. The molecule has 0 unspecified atom stereocenters. The summed E-state index contributed by atoms with van der Waals surface area (Å²) in [5.41, 5.74) is 4.47. The number of ether oxygens (including phenoxy) is 1. The van der Waals surface area contributed by atoms with E-state index in [4.69, 9.17) is 4.74 Å². The van der Waals surface area contributed by atoms with Crippen molar-refractivity contribution in [2.75, 3.05) is 12.4 Å². The van der Waals surface area contributed by atoms with Gasteiger partial charge in [0.25, 0.3) is 0 Å². The standard InChI is InChI=1S/C18H18N2O/c1-21-13-15-6-4-5-14(9-15)11-19-17-10-16-7-2-3-8-18(16)20-12-17/h2-10,12,19H,11,13H2,1H3. The number of anilines is 1. The lowest BCUT2D eigenvalue weighted by Gasteiger charge is -2.08. The number of fused-ring (bicyclic) bond motifs is 1. The van der Waals surface area contributed by atoms with Gasteiger partial charge < -0.3 is 10.1 Å². The van der Waals surface area contributed by atoms with E-state index >= 15 is 0 Å². The van der Waals surface area contributed by atoms with E-state index in [9.17, 15) is 0 Å². The summed E-state index contributed by atoms with van der Waals surface area (Å²) in [4.78, 5) is 4.46. The molecule has 1 aromatic heterocycles. The Bertz CT molecular complexity index is 740. The minimum Gasteiger partial charge on any atom is -0.380 e. The van der Waals surface area contributed by atoms with Crippen molar-refractivity contribution in [3.05, 3.63) is 71.9 Å². The van der Waals surface area contributed by atoms with Crippen LogP contribution in [0.4, 0.5) is 5.69 Å². The van der Waals surface area contributed by atoms with Gasteiger partial charge in [-0.15, -0.1) is 0 Å². The lowest BCUT2D eigenvalue weighted by Crippen LogP contribution is -2.00. The summed E-state index contributed by atoms with van der Waals surface area (Å²) >= 11 is 0. The molecule has 1 N–H and O–H groups in total. The maximum Gasteiger partial charge on any atom is 0.0713 e. The summed E-state index contributed by atoms with van der Waals surface area (Å²) in [5, 5.41) is 4.57. The minimum absolute atomic E-state index is 0.644. The minimum atomic E-state index is 0.644. The number of pyridine rings is 1. The Kier molecular flexibility index (Phi) is 4.12. The van der Waals surface area contributed by atoms with Crippen LogP contribution in [0.1, 0.15) is 11.1 Å². The van der Waals surface area contributed by atoms with Crippen LogP contribution < -0.4 is 5.32 Å². The number of aromatic nitrogens is 1. The molecule has 0 aliphatic heterocycles. The number of nitrogens with zero attached hydrogens (tertiary/aromatic N) is 1. The van der Waals surface area contributed by atoms with Gasteiger partial charge in [-0.1, -0.05) is 42.5 Å². The SMILES string of the molecule is COCc1cccc(CNc2cnc3ccccc3c2)c1. The van der Waals surface area contributed by atoms with E-state index < -0.39 is 0 Å². The molecule has 0 radical (unpaired) electrons. The highest BCUT2D eigenvalue weighted by Gasteiger charge is 1.99. The molecule has 0 saturated heterocycles. The lowest BCUT2D eigenvalue weighted by atomic mass is 10.1. The summed E-state index contributed by atoms with van der Waals surface area (Å²) in [6, 6.07) is 18.7. The molecule has 0 aliphatic rings. The number of rotatable bonds is 5. The molecule has 21 heavy (non-hydrogen) atoms. The van der Waals surface area contributed by atoms with E-state index in [1.165, 1.54) is 11.1 Å². The van der Waals surface area contributed by atoms with Gasteiger partial charge in [-0.2, -0.15) is 0 Å². The van der Waals surface area contributed by atoms with Gasteiger partial charge >= 0.3 is 0 Å². The molecule has 106 valence electrons. The maximum atomic E-state index is 5.16. The number of methoxy groups -OCH3 is 1. The Balaban J connectivity index is 1.72. The average Bonchev–Trinajstić information content (AvgIpc) is 2.53. The van der Waals surface area contributed by atoms with Gasteiger partial charge in [0.15, 0.2) is 0 Å². The number of hydrogen-bond acceptors (Lipinski definition) is 3.